The van der Waals surface area contributed by atoms with Crippen LogP contribution in [-0.4, -0.2) is 66.5 Å². The van der Waals surface area contributed by atoms with Crippen LogP contribution in [0.1, 0.15) is 16.2 Å². The quantitative estimate of drug-likeness (QED) is 0.766. The van der Waals surface area contributed by atoms with E-state index in [1.54, 1.807) is 27.2 Å². The minimum atomic E-state index is -1.12. The summed E-state index contributed by atoms with van der Waals surface area (Å²) in [4.78, 5) is 27.6. The van der Waals surface area contributed by atoms with Crippen molar-refractivity contribution >= 4 is 17.7 Å². The Morgan fingerprint density at radius 2 is 1.90 bits per heavy atom. The van der Waals surface area contributed by atoms with E-state index < -0.39 is 5.97 Å². The van der Waals surface area contributed by atoms with E-state index in [-0.39, 0.29) is 29.6 Å². The van der Waals surface area contributed by atoms with Crippen LogP contribution in [0.3, 0.4) is 0 Å². The van der Waals surface area contributed by atoms with Gasteiger partial charge in [0.2, 0.25) is 0 Å². The average molecular weight is 297 g/mol. The summed E-state index contributed by atoms with van der Waals surface area (Å²) in [7, 11) is 3.13. The Balaban J connectivity index is 2.07. The molecule has 0 spiro atoms. The zero-order valence-electron chi connectivity index (χ0n) is 12.2. The van der Waals surface area contributed by atoms with Gasteiger partial charge in [-0.2, -0.15) is 0 Å². The first-order valence-corrected chi connectivity index (χ1v) is 6.50. The normalized spacial score (nSPS) is 21.6. The van der Waals surface area contributed by atoms with E-state index in [2.05, 4.69) is 10.3 Å². The number of nitrogens with one attached hydrogen (secondary N) is 2. The molecule has 1 saturated heterocycles. The largest absolute Gasteiger partial charge is 0.477 e. The summed E-state index contributed by atoms with van der Waals surface area (Å²) in [6.45, 7) is 2.51. The molecule has 1 fully saturated rings. The number of methoxy groups -OCH3 is 2. The number of aromatic amines is 1. The molecule has 2 amide bonds. The number of rotatable bonds is 4. The summed E-state index contributed by atoms with van der Waals surface area (Å²) < 4.78 is 10.5. The number of carboxylic acids is 1. The number of anilines is 1. The molecule has 0 aliphatic carbocycles. The highest BCUT2D eigenvalue weighted by molar-refractivity contribution is 5.99. The summed E-state index contributed by atoms with van der Waals surface area (Å²) in [5, 5.41) is 11.7. The molecular weight excluding hydrogens is 278 g/mol. The Labute approximate surface area is 122 Å². The van der Waals surface area contributed by atoms with Crippen molar-refractivity contribution in [3.63, 3.8) is 0 Å². The van der Waals surface area contributed by atoms with Crippen molar-refractivity contribution in [3.05, 3.63) is 17.5 Å². The third-order valence-electron chi connectivity index (χ3n) is 3.52. The van der Waals surface area contributed by atoms with E-state index in [0.717, 1.165) is 0 Å². The number of carbonyl (C=O) groups excluding carboxylic acids is 1. The Morgan fingerprint density at radius 1 is 1.33 bits per heavy atom. The molecule has 1 aliphatic rings. The zero-order chi connectivity index (χ0) is 15.6. The monoisotopic (exact) mass is 297 g/mol. The van der Waals surface area contributed by atoms with Gasteiger partial charge in [0, 0.05) is 19.9 Å². The van der Waals surface area contributed by atoms with Gasteiger partial charge in [0.25, 0.3) is 0 Å². The number of amides is 2. The van der Waals surface area contributed by atoms with E-state index >= 15 is 0 Å². The second-order valence-electron chi connectivity index (χ2n) is 4.93. The van der Waals surface area contributed by atoms with Crippen LogP contribution in [0.15, 0.2) is 6.07 Å². The number of aromatic carboxylic acids is 1. The number of H-pyrrole nitrogens is 1. The fourth-order valence-electron chi connectivity index (χ4n) is 2.41. The van der Waals surface area contributed by atoms with Crippen molar-refractivity contribution in [2.24, 2.45) is 0 Å². The highest BCUT2D eigenvalue weighted by Crippen LogP contribution is 2.20. The number of aryl methyl sites for hydroxylation is 1. The first kappa shape index (κ1) is 15.3. The Morgan fingerprint density at radius 3 is 2.38 bits per heavy atom. The molecule has 3 N–H and O–H groups in total. The summed E-state index contributed by atoms with van der Waals surface area (Å²) in [5.41, 5.74) is 0.875. The Hall–Kier alpha value is -2.06. The van der Waals surface area contributed by atoms with Gasteiger partial charge in [-0.25, -0.2) is 9.59 Å². The van der Waals surface area contributed by atoms with E-state index in [0.29, 0.717) is 18.8 Å². The van der Waals surface area contributed by atoms with Crippen LogP contribution in [0.5, 0.6) is 0 Å². The first-order valence-electron chi connectivity index (χ1n) is 6.50. The predicted octanol–water partition coefficient (Wildman–Crippen LogP) is 0.899. The van der Waals surface area contributed by atoms with E-state index in [9.17, 15) is 9.59 Å². The van der Waals surface area contributed by atoms with Crippen molar-refractivity contribution in [2.75, 3.05) is 32.6 Å². The first-order chi connectivity index (χ1) is 9.96. The van der Waals surface area contributed by atoms with Crippen molar-refractivity contribution in [1.82, 2.24) is 9.88 Å². The van der Waals surface area contributed by atoms with Crippen LogP contribution in [0.25, 0.3) is 0 Å². The smallest absolute Gasteiger partial charge is 0.354 e. The Bertz CT molecular complexity index is 530. The molecule has 116 valence electrons. The molecule has 2 heterocycles. The van der Waals surface area contributed by atoms with Gasteiger partial charge in [0.15, 0.2) is 0 Å². The molecule has 2 rings (SSSR count). The molecule has 0 aromatic carbocycles. The molecule has 1 aromatic heterocycles. The van der Waals surface area contributed by atoms with Crippen LogP contribution < -0.4 is 5.32 Å². The number of aromatic nitrogens is 1. The minimum absolute atomic E-state index is 0.0355. The van der Waals surface area contributed by atoms with Crippen LogP contribution in [0, 0.1) is 6.92 Å². The maximum Gasteiger partial charge on any atom is 0.354 e. The van der Waals surface area contributed by atoms with Crippen LogP contribution in [0.2, 0.25) is 0 Å². The maximum absolute atomic E-state index is 12.2. The SMILES string of the molecule is COC1CN(C(=O)Nc2cc(C)[nH]c2C(=O)O)CC1OC. The van der Waals surface area contributed by atoms with Gasteiger partial charge in [0.1, 0.15) is 17.9 Å². The van der Waals surface area contributed by atoms with Gasteiger partial charge in [-0.1, -0.05) is 0 Å². The minimum Gasteiger partial charge on any atom is -0.477 e. The second-order valence-corrected chi connectivity index (χ2v) is 4.93. The number of hydrogen-bond acceptors (Lipinski definition) is 4. The van der Waals surface area contributed by atoms with Gasteiger partial charge >= 0.3 is 12.0 Å². The Kier molecular flexibility index (Phi) is 4.49. The lowest BCUT2D eigenvalue weighted by Crippen LogP contribution is -2.34. The number of nitrogens with zero attached hydrogens (tertiary/aromatic N) is 1. The molecule has 0 bridgehead atoms. The van der Waals surface area contributed by atoms with Crippen molar-refractivity contribution in [2.45, 2.75) is 19.1 Å². The molecule has 1 aromatic rings. The summed E-state index contributed by atoms with van der Waals surface area (Å²) >= 11 is 0. The lowest BCUT2D eigenvalue weighted by atomic mass is 10.3. The fraction of sp³-hybridized carbons (Fsp3) is 0.538. The second kappa shape index (κ2) is 6.15. The van der Waals surface area contributed by atoms with E-state index in [1.165, 1.54) is 4.90 Å². The lowest BCUT2D eigenvalue weighted by Gasteiger charge is -2.16. The molecule has 21 heavy (non-hydrogen) atoms. The van der Waals surface area contributed by atoms with Gasteiger partial charge in [-0.3, -0.25) is 0 Å². The van der Waals surface area contributed by atoms with Gasteiger partial charge in [-0.15, -0.1) is 0 Å². The van der Waals surface area contributed by atoms with Gasteiger partial charge < -0.3 is 29.8 Å². The third-order valence-corrected chi connectivity index (χ3v) is 3.52. The molecule has 0 radical (unpaired) electrons. The molecule has 2 atom stereocenters. The van der Waals surface area contributed by atoms with Crippen molar-refractivity contribution in [3.8, 4) is 0 Å². The van der Waals surface area contributed by atoms with E-state index in [4.69, 9.17) is 14.6 Å². The number of ether oxygens (including phenoxy) is 2. The maximum atomic E-state index is 12.2. The molecule has 0 saturated carbocycles. The highest BCUT2D eigenvalue weighted by atomic mass is 16.5. The summed E-state index contributed by atoms with van der Waals surface area (Å²) in [6, 6.07) is 1.21. The average Bonchev–Trinajstić information content (AvgIpc) is 3.01. The topological polar surface area (TPSA) is 104 Å². The molecule has 2 unspecified atom stereocenters. The standard InChI is InChI=1S/C13H19N3O5/c1-7-4-8(11(14-7)12(17)18)15-13(19)16-5-9(20-2)10(6-16)21-3/h4,9-10,14H,5-6H2,1-3H3,(H,15,19)(H,17,18). The molecule has 8 heteroatoms. The number of likely N-dealkylation sites (tertiary alicyclic amines) is 1. The van der Waals surface area contributed by atoms with Crippen LogP contribution >= 0.6 is 0 Å². The van der Waals surface area contributed by atoms with Crippen molar-refractivity contribution in [1.29, 1.82) is 0 Å². The van der Waals surface area contributed by atoms with Crippen LogP contribution in [-0.2, 0) is 9.47 Å². The van der Waals surface area contributed by atoms with Crippen molar-refractivity contribution < 1.29 is 24.2 Å². The lowest BCUT2D eigenvalue weighted by molar-refractivity contribution is -0.00461. The summed E-state index contributed by atoms with van der Waals surface area (Å²) in [5.74, 6) is -1.12. The molecule has 1 aliphatic heterocycles. The number of carbonyl (C=O) groups is 2. The summed E-state index contributed by atoms with van der Waals surface area (Å²) in [6.07, 6.45) is -0.375. The fourth-order valence-corrected chi connectivity index (χ4v) is 2.41. The third kappa shape index (κ3) is 3.17. The van der Waals surface area contributed by atoms with Gasteiger partial charge in [-0.05, 0) is 13.0 Å². The predicted molar refractivity (Wildman–Crippen MR) is 74.7 cm³/mol. The number of carboxylic acid groups (broad SMARTS) is 1. The molecule has 8 nitrogen and oxygen atoms in total. The number of urea groups is 1. The van der Waals surface area contributed by atoms with E-state index in [1.807, 2.05) is 0 Å². The molecular formula is C13H19N3O5. The van der Waals surface area contributed by atoms with Gasteiger partial charge in [0.05, 0.1) is 18.8 Å². The highest BCUT2D eigenvalue weighted by Gasteiger charge is 2.35. The van der Waals surface area contributed by atoms with Crippen LogP contribution in [0.4, 0.5) is 10.5 Å². The zero-order valence-corrected chi connectivity index (χ0v) is 12.2. The number of hydrogen-bond donors (Lipinski definition) is 3.